The molecule has 0 unspecified atom stereocenters. The number of nitrogens with one attached hydrogen (secondary N) is 2. The van der Waals surface area contributed by atoms with Crippen molar-refractivity contribution in [3.8, 4) is 11.5 Å². The number of para-hydroxylation sites is 1. The summed E-state index contributed by atoms with van der Waals surface area (Å²) in [6.07, 6.45) is 6.78. The van der Waals surface area contributed by atoms with E-state index in [1.54, 1.807) is 14.2 Å². The van der Waals surface area contributed by atoms with Gasteiger partial charge in [0.2, 0.25) is 5.91 Å². The number of piperidine rings is 1. The number of carbonyl (C=O) groups excluding carboxylic acids is 1. The van der Waals surface area contributed by atoms with Gasteiger partial charge < -0.3 is 25.0 Å². The Kier molecular flexibility index (Phi) is 8.43. The molecule has 0 atom stereocenters. The average molecular weight is 431 g/mol. The highest BCUT2D eigenvalue weighted by atomic mass is 16.5. The van der Waals surface area contributed by atoms with E-state index in [-0.39, 0.29) is 17.9 Å². The molecule has 0 aromatic heterocycles. The summed E-state index contributed by atoms with van der Waals surface area (Å²) in [5.41, 5.74) is 1.06. The number of amides is 1. The maximum Gasteiger partial charge on any atom is 0.225 e. The van der Waals surface area contributed by atoms with Crippen molar-refractivity contribution in [3.63, 3.8) is 0 Å². The Hall–Kier alpha value is -2.44. The fourth-order valence-corrected chi connectivity index (χ4v) is 4.34. The van der Waals surface area contributed by atoms with E-state index >= 15 is 0 Å². The number of hydrogen-bond acceptors (Lipinski definition) is 4. The summed E-state index contributed by atoms with van der Waals surface area (Å²) in [6.45, 7) is 6.11. The molecule has 31 heavy (non-hydrogen) atoms. The predicted octanol–water partition coefficient (Wildman–Crippen LogP) is 3.33. The number of likely N-dealkylation sites (tertiary alicyclic amines) is 1. The second kappa shape index (κ2) is 11.3. The second-order valence-corrected chi connectivity index (χ2v) is 8.80. The molecule has 1 aliphatic heterocycles. The van der Waals surface area contributed by atoms with Gasteiger partial charge in [0, 0.05) is 44.2 Å². The first-order chi connectivity index (χ1) is 15.0. The highest BCUT2D eigenvalue weighted by Crippen LogP contribution is 2.34. The summed E-state index contributed by atoms with van der Waals surface area (Å²) in [6, 6.07) is 6.33. The Labute approximate surface area is 186 Å². The third kappa shape index (κ3) is 6.28. The van der Waals surface area contributed by atoms with Gasteiger partial charge in [-0.25, -0.2) is 0 Å². The van der Waals surface area contributed by atoms with E-state index in [2.05, 4.69) is 21.7 Å². The quantitative estimate of drug-likeness (QED) is 0.513. The molecule has 2 N–H and O–H groups in total. The zero-order chi connectivity index (χ0) is 22.2. The number of hydrogen-bond donors (Lipinski definition) is 2. The van der Waals surface area contributed by atoms with E-state index in [4.69, 9.17) is 9.47 Å². The van der Waals surface area contributed by atoms with E-state index < -0.39 is 0 Å². The third-order valence-corrected chi connectivity index (χ3v) is 6.18. The van der Waals surface area contributed by atoms with E-state index in [0.29, 0.717) is 12.6 Å². The number of methoxy groups -OCH3 is 1. The van der Waals surface area contributed by atoms with Crippen molar-refractivity contribution >= 4 is 11.9 Å². The lowest BCUT2D eigenvalue weighted by molar-refractivity contribution is -0.135. The van der Waals surface area contributed by atoms with E-state index in [1.807, 2.05) is 30.9 Å². The van der Waals surface area contributed by atoms with Crippen LogP contribution in [0, 0.1) is 5.92 Å². The molecule has 3 rings (SSSR count). The number of carbonyl (C=O) groups is 1. The molecule has 1 amide bonds. The largest absolute Gasteiger partial charge is 0.493 e. The minimum Gasteiger partial charge on any atom is -0.493 e. The van der Waals surface area contributed by atoms with Crippen LogP contribution in [0.3, 0.4) is 0 Å². The molecule has 1 aromatic carbocycles. The minimum absolute atomic E-state index is 0.0578. The van der Waals surface area contributed by atoms with Crippen LogP contribution in [0.5, 0.6) is 11.5 Å². The van der Waals surface area contributed by atoms with Crippen LogP contribution in [0.2, 0.25) is 0 Å². The zero-order valence-electron chi connectivity index (χ0n) is 19.4. The van der Waals surface area contributed by atoms with Gasteiger partial charge in [0.25, 0.3) is 0 Å². The first-order valence-corrected chi connectivity index (χ1v) is 11.6. The van der Waals surface area contributed by atoms with Crippen LogP contribution in [0.1, 0.15) is 57.9 Å². The molecule has 0 bridgehead atoms. The zero-order valence-corrected chi connectivity index (χ0v) is 19.4. The molecule has 1 saturated heterocycles. The number of aliphatic imine (C=N–C) groups is 1. The SMILES string of the molecule is CN=C(NCc1cccc(OC)c1OC1CCCC1)NC1CCN(C(=O)C(C)C)CC1. The third-order valence-electron chi connectivity index (χ3n) is 6.18. The number of ether oxygens (including phenoxy) is 2. The Balaban J connectivity index is 1.55. The second-order valence-electron chi connectivity index (χ2n) is 8.80. The Morgan fingerprint density at radius 1 is 1.19 bits per heavy atom. The fraction of sp³-hybridized carbons (Fsp3) is 0.667. The highest BCUT2D eigenvalue weighted by molar-refractivity contribution is 5.80. The van der Waals surface area contributed by atoms with E-state index in [0.717, 1.165) is 61.8 Å². The van der Waals surface area contributed by atoms with Gasteiger partial charge in [0.05, 0.1) is 13.2 Å². The average Bonchev–Trinajstić information content (AvgIpc) is 3.30. The lowest BCUT2D eigenvalue weighted by Gasteiger charge is -2.34. The maximum absolute atomic E-state index is 12.2. The molecule has 7 heteroatoms. The van der Waals surface area contributed by atoms with Crippen molar-refractivity contribution in [2.45, 2.75) is 71.1 Å². The smallest absolute Gasteiger partial charge is 0.225 e. The summed E-state index contributed by atoms with van der Waals surface area (Å²) in [5, 5.41) is 6.94. The lowest BCUT2D eigenvalue weighted by Crippen LogP contribution is -2.50. The van der Waals surface area contributed by atoms with Crippen LogP contribution < -0.4 is 20.1 Å². The van der Waals surface area contributed by atoms with Crippen LogP contribution in [0.25, 0.3) is 0 Å². The van der Waals surface area contributed by atoms with Crippen molar-refractivity contribution < 1.29 is 14.3 Å². The predicted molar refractivity (Wildman–Crippen MR) is 124 cm³/mol. The van der Waals surface area contributed by atoms with Gasteiger partial charge in [-0.15, -0.1) is 0 Å². The topological polar surface area (TPSA) is 75.2 Å². The van der Waals surface area contributed by atoms with Crippen LogP contribution >= 0.6 is 0 Å². The Morgan fingerprint density at radius 3 is 2.52 bits per heavy atom. The summed E-state index contributed by atoms with van der Waals surface area (Å²) in [4.78, 5) is 18.6. The number of benzene rings is 1. The molecule has 1 aromatic rings. The van der Waals surface area contributed by atoms with Gasteiger partial charge in [-0.1, -0.05) is 26.0 Å². The van der Waals surface area contributed by atoms with Gasteiger partial charge in [-0.05, 0) is 44.6 Å². The van der Waals surface area contributed by atoms with Crippen molar-refractivity contribution in [1.82, 2.24) is 15.5 Å². The molecule has 1 aliphatic carbocycles. The van der Waals surface area contributed by atoms with Crippen molar-refractivity contribution in [3.05, 3.63) is 23.8 Å². The lowest BCUT2D eigenvalue weighted by atomic mass is 10.0. The molecule has 0 spiro atoms. The number of nitrogens with zero attached hydrogens (tertiary/aromatic N) is 2. The van der Waals surface area contributed by atoms with E-state index in [9.17, 15) is 4.79 Å². The fourth-order valence-electron chi connectivity index (χ4n) is 4.34. The Bertz CT molecular complexity index is 751. The molecule has 0 radical (unpaired) electrons. The van der Waals surface area contributed by atoms with Gasteiger partial charge in [-0.2, -0.15) is 0 Å². The van der Waals surface area contributed by atoms with Gasteiger partial charge in [0.1, 0.15) is 0 Å². The number of rotatable bonds is 7. The maximum atomic E-state index is 12.2. The summed E-state index contributed by atoms with van der Waals surface area (Å²) >= 11 is 0. The highest BCUT2D eigenvalue weighted by Gasteiger charge is 2.25. The molecule has 172 valence electrons. The first-order valence-electron chi connectivity index (χ1n) is 11.6. The molecule has 2 aliphatic rings. The van der Waals surface area contributed by atoms with Crippen LogP contribution in [0.4, 0.5) is 0 Å². The van der Waals surface area contributed by atoms with Crippen LogP contribution in [0.15, 0.2) is 23.2 Å². The molecule has 2 fully saturated rings. The van der Waals surface area contributed by atoms with E-state index in [1.165, 1.54) is 12.8 Å². The van der Waals surface area contributed by atoms with Crippen molar-refractivity contribution in [2.24, 2.45) is 10.9 Å². The van der Waals surface area contributed by atoms with Crippen LogP contribution in [-0.2, 0) is 11.3 Å². The number of guanidine groups is 1. The normalized spacial score (nSPS) is 18.4. The first kappa shape index (κ1) is 23.2. The van der Waals surface area contributed by atoms with Crippen molar-refractivity contribution in [1.29, 1.82) is 0 Å². The monoisotopic (exact) mass is 430 g/mol. The molecule has 1 heterocycles. The van der Waals surface area contributed by atoms with Crippen LogP contribution in [-0.4, -0.2) is 56.2 Å². The minimum atomic E-state index is 0.0578. The molecule has 1 saturated carbocycles. The standard InChI is InChI=1S/C24H38N4O3/c1-17(2)23(29)28-14-12-19(13-15-28)27-24(25-3)26-16-18-8-7-11-21(30-4)22(18)31-20-9-5-6-10-20/h7-8,11,17,19-20H,5-6,9-10,12-16H2,1-4H3,(H2,25,26,27). The molecule has 7 nitrogen and oxygen atoms in total. The Morgan fingerprint density at radius 2 is 1.90 bits per heavy atom. The van der Waals surface area contributed by atoms with Crippen molar-refractivity contribution in [2.75, 3.05) is 27.2 Å². The van der Waals surface area contributed by atoms with Gasteiger partial charge >= 0.3 is 0 Å². The molecular formula is C24H38N4O3. The summed E-state index contributed by atoms with van der Waals surface area (Å²) in [7, 11) is 3.47. The van der Waals surface area contributed by atoms with Gasteiger partial charge in [-0.3, -0.25) is 9.79 Å². The summed E-state index contributed by atoms with van der Waals surface area (Å²) in [5.74, 6) is 2.68. The summed E-state index contributed by atoms with van der Waals surface area (Å²) < 4.78 is 11.9. The van der Waals surface area contributed by atoms with Gasteiger partial charge in [0.15, 0.2) is 17.5 Å². The molecular weight excluding hydrogens is 392 g/mol.